The van der Waals surface area contributed by atoms with Crippen molar-refractivity contribution < 1.29 is 19.1 Å². The van der Waals surface area contributed by atoms with E-state index in [1.807, 2.05) is 48.7 Å². The number of hydrogen-bond acceptors (Lipinski definition) is 4. The molecule has 168 valence electrons. The largest absolute Gasteiger partial charge is 0.497 e. The number of carbonyl (C=O) groups excluding carboxylic acids is 2. The topological polar surface area (TPSA) is 106 Å². The van der Waals surface area contributed by atoms with E-state index in [0.29, 0.717) is 6.54 Å². The molecule has 4 N–H and O–H groups in total. The maximum absolute atomic E-state index is 12.6. The number of primary amides is 1. The van der Waals surface area contributed by atoms with Crippen LogP contribution in [0.1, 0.15) is 27.4 Å². The van der Waals surface area contributed by atoms with E-state index in [1.165, 1.54) is 0 Å². The van der Waals surface area contributed by atoms with Crippen molar-refractivity contribution in [3.8, 4) is 11.5 Å². The minimum atomic E-state index is -0.607. The van der Waals surface area contributed by atoms with Crippen molar-refractivity contribution in [3.05, 3.63) is 95.7 Å². The standard InChI is InChI=1S/C26H25N3O4/c1-32-18-12-10-17(11-13-18)21(22-15-28-23-8-4-2-6-19(22)23)14-29-25(30)16-33-24-9-5-3-7-20(24)26(27)31/h2-13,15,21,28H,14,16H2,1H3,(H2,27,31)(H,29,30). The number of ether oxygens (including phenoxy) is 2. The number of para-hydroxylation sites is 2. The van der Waals surface area contributed by atoms with Crippen LogP contribution >= 0.6 is 0 Å². The second kappa shape index (κ2) is 9.91. The molecule has 1 heterocycles. The fourth-order valence-corrected chi connectivity index (χ4v) is 3.83. The molecule has 0 aliphatic heterocycles. The summed E-state index contributed by atoms with van der Waals surface area (Å²) in [5.74, 6) is 0.0527. The van der Waals surface area contributed by atoms with E-state index in [2.05, 4.69) is 16.4 Å². The van der Waals surface area contributed by atoms with Crippen molar-refractivity contribution in [2.75, 3.05) is 20.3 Å². The highest BCUT2D eigenvalue weighted by molar-refractivity contribution is 5.95. The molecule has 1 aromatic heterocycles. The number of carbonyl (C=O) groups is 2. The van der Waals surface area contributed by atoms with Gasteiger partial charge in [-0.25, -0.2) is 0 Å². The summed E-state index contributed by atoms with van der Waals surface area (Å²) < 4.78 is 10.8. The molecule has 0 bridgehead atoms. The molecule has 1 unspecified atom stereocenters. The fraction of sp³-hybridized carbons (Fsp3) is 0.154. The Balaban J connectivity index is 1.51. The van der Waals surface area contributed by atoms with Gasteiger partial charge in [0.15, 0.2) is 6.61 Å². The van der Waals surface area contributed by atoms with Gasteiger partial charge >= 0.3 is 0 Å². The number of amides is 2. The smallest absolute Gasteiger partial charge is 0.257 e. The normalized spacial score (nSPS) is 11.7. The Kier molecular flexibility index (Phi) is 6.59. The molecule has 4 rings (SSSR count). The lowest BCUT2D eigenvalue weighted by molar-refractivity contribution is -0.123. The van der Waals surface area contributed by atoms with Gasteiger partial charge in [-0.1, -0.05) is 42.5 Å². The molecule has 0 saturated carbocycles. The average molecular weight is 444 g/mol. The average Bonchev–Trinajstić information content (AvgIpc) is 3.27. The zero-order valence-corrected chi connectivity index (χ0v) is 18.2. The molecule has 0 spiro atoms. The molecule has 0 saturated heterocycles. The number of H-pyrrole nitrogens is 1. The second-order valence-electron chi connectivity index (χ2n) is 7.57. The van der Waals surface area contributed by atoms with Crippen LogP contribution in [0.5, 0.6) is 11.5 Å². The fourth-order valence-electron chi connectivity index (χ4n) is 3.83. The number of methoxy groups -OCH3 is 1. The molecule has 7 nitrogen and oxygen atoms in total. The highest BCUT2D eigenvalue weighted by Crippen LogP contribution is 2.31. The van der Waals surface area contributed by atoms with Crippen LogP contribution in [0.3, 0.4) is 0 Å². The summed E-state index contributed by atoms with van der Waals surface area (Å²) in [5.41, 5.74) is 8.76. The zero-order valence-electron chi connectivity index (χ0n) is 18.2. The molecular weight excluding hydrogens is 418 g/mol. The van der Waals surface area contributed by atoms with Crippen LogP contribution in [0.4, 0.5) is 0 Å². The van der Waals surface area contributed by atoms with Crippen molar-refractivity contribution in [2.45, 2.75) is 5.92 Å². The van der Waals surface area contributed by atoms with Gasteiger partial charge in [-0.2, -0.15) is 0 Å². The van der Waals surface area contributed by atoms with Gasteiger partial charge in [-0.15, -0.1) is 0 Å². The monoisotopic (exact) mass is 443 g/mol. The molecule has 7 heteroatoms. The second-order valence-corrected chi connectivity index (χ2v) is 7.57. The van der Waals surface area contributed by atoms with Gasteiger partial charge in [0.05, 0.1) is 12.7 Å². The van der Waals surface area contributed by atoms with Crippen molar-refractivity contribution in [3.63, 3.8) is 0 Å². The quantitative estimate of drug-likeness (QED) is 0.367. The summed E-state index contributed by atoms with van der Waals surface area (Å²) in [5, 5.41) is 4.05. The zero-order chi connectivity index (χ0) is 23.2. The predicted molar refractivity (Wildman–Crippen MR) is 127 cm³/mol. The van der Waals surface area contributed by atoms with Crippen LogP contribution in [0.15, 0.2) is 79.0 Å². The van der Waals surface area contributed by atoms with Crippen LogP contribution in [0, 0.1) is 0 Å². The lowest BCUT2D eigenvalue weighted by Crippen LogP contribution is -2.33. The minimum Gasteiger partial charge on any atom is -0.497 e. The van der Waals surface area contributed by atoms with Gasteiger partial charge < -0.3 is 25.5 Å². The number of aromatic nitrogens is 1. The summed E-state index contributed by atoms with van der Waals surface area (Å²) in [6.07, 6.45) is 1.98. The molecule has 0 aliphatic carbocycles. The van der Waals surface area contributed by atoms with Gasteiger partial charge in [0.25, 0.3) is 11.8 Å². The first-order valence-corrected chi connectivity index (χ1v) is 10.5. The Hall–Kier alpha value is -4.26. The third-order valence-corrected chi connectivity index (χ3v) is 5.53. The summed E-state index contributed by atoms with van der Waals surface area (Å²) in [7, 11) is 1.63. The Bertz CT molecular complexity index is 1260. The Morgan fingerprint density at radius 3 is 2.48 bits per heavy atom. The maximum atomic E-state index is 12.6. The molecule has 0 fully saturated rings. The molecule has 0 aliphatic rings. The van der Waals surface area contributed by atoms with E-state index in [9.17, 15) is 9.59 Å². The summed E-state index contributed by atoms with van der Waals surface area (Å²) in [4.78, 5) is 27.4. The molecular formula is C26H25N3O4. The number of fused-ring (bicyclic) bond motifs is 1. The number of nitrogens with one attached hydrogen (secondary N) is 2. The van der Waals surface area contributed by atoms with E-state index in [-0.39, 0.29) is 29.7 Å². The first-order valence-electron chi connectivity index (χ1n) is 10.5. The third-order valence-electron chi connectivity index (χ3n) is 5.53. The summed E-state index contributed by atoms with van der Waals surface area (Å²) in [6.45, 7) is 0.140. The maximum Gasteiger partial charge on any atom is 0.257 e. The molecule has 4 aromatic rings. The highest BCUT2D eigenvalue weighted by Gasteiger charge is 2.20. The lowest BCUT2D eigenvalue weighted by atomic mass is 9.91. The highest BCUT2D eigenvalue weighted by atomic mass is 16.5. The molecule has 2 amide bonds. The molecule has 0 radical (unpaired) electrons. The van der Waals surface area contributed by atoms with Crippen LogP contribution in [0.25, 0.3) is 10.9 Å². The number of rotatable bonds is 9. The van der Waals surface area contributed by atoms with Crippen molar-refractivity contribution >= 4 is 22.7 Å². The van der Waals surface area contributed by atoms with Crippen LogP contribution in [0.2, 0.25) is 0 Å². The number of benzene rings is 3. The Morgan fingerprint density at radius 1 is 1.00 bits per heavy atom. The van der Waals surface area contributed by atoms with Gasteiger partial charge in [0.2, 0.25) is 0 Å². The van der Waals surface area contributed by atoms with Crippen LogP contribution in [-0.2, 0) is 4.79 Å². The number of aromatic amines is 1. The van der Waals surface area contributed by atoms with Gasteiger partial charge in [-0.05, 0) is 41.5 Å². The lowest BCUT2D eigenvalue weighted by Gasteiger charge is -2.19. The van der Waals surface area contributed by atoms with Crippen LogP contribution in [-0.4, -0.2) is 37.1 Å². The summed E-state index contributed by atoms with van der Waals surface area (Å²) in [6, 6.07) is 22.4. The van der Waals surface area contributed by atoms with E-state index < -0.39 is 5.91 Å². The van der Waals surface area contributed by atoms with Crippen molar-refractivity contribution in [1.29, 1.82) is 0 Å². The predicted octanol–water partition coefficient (Wildman–Crippen LogP) is 3.60. The van der Waals surface area contributed by atoms with E-state index in [0.717, 1.165) is 27.8 Å². The van der Waals surface area contributed by atoms with Gasteiger partial charge in [0.1, 0.15) is 11.5 Å². The van der Waals surface area contributed by atoms with E-state index >= 15 is 0 Å². The summed E-state index contributed by atoms with van der Waals surface area (Å²) >= 11 is 0. The van der Waals surface area contributed by atoms with Gasteiger partial charge in [0, 0.05) is 29.6 Å². The first kappa shape index (κ1) is 22.0. The number of hydrogen-bond donors (Lipinski definition) is 3. The molecule has 3 aromatic carbocycles. The Morgan fingerprint density at radius 2 is 1.73 bits per heavy atom. The van der Waals surface area contributed by atoms with E-state index in [4.69, 9.17) is 15.2 Å². The van der Waals surface area contributed by atoms with Gasteiger partial charge in [-0.3, -0.25) is 9.59 Å². The van der Waals surface area contributed by atoms with E-state index in [1.54, 1.807) is 31.4 Å². The van der Waals surface area contributed by atoms with Crippen molar-refractivity contribution in [2.24, 2.45) is 5.73 Å². The first-order chi connectivity index (χ1) is 16.1. The third kappa shape index (κ3) is 4.98. The molecule has 1 atom stereocenters. The van der Waals surface area contributed by atoms with Crippen LogP contribution < -0.4 is 20.5 Å². The SMILES string of the molecule is COc1ccc(C(CNC(=O)COc2ccccc2C(N)=O)c2c[nH]c3ccccc23)cc1. The Labute approximate surface area is 191 Å². The number of nitrogens with two attached hydrogens (primary N) is 1. The van der Waals surface area contributed by atoms with Crippen molar-refractivity contribution in [1.82, 2.24) is 10.3 Å². The minimum absolute atomic E-state index is 0.0890. The molecule has 33 heavy (non-hydrogen) atoms.